The molecule has 0 radical (unpaired) electrons. The van der Waals surface area contributed by atoms with Gasteiger partial charge in [0.05, 0.1) is 25.4 Å². The van der Waals surface area contributed by atoms with Crippen molar-refractivity contribution in [3.8, 4) is 0 Å². The van der Waals surface area contributed by atoms with Gasteiger partial charge in [0.25, 0.3) is 0 Å². The average molecular weight is 218 g/mol. The van der Waals surface area contributed by atoms with Gasteiger partial charge in [0.2, 0.25) is 0 Å². The number of ketones is 1. The molecule has 0 aromatic heterocycles. The number of carbonyl (C=O) groups excluding carboxylic acids is 1. The maximum Gasteiger partial charge on any atom is 0.132 e. The lowest BCUT2D eigenvalue weighted by Crippen LogP contribution is -2.25. The Bertz CT molecular complexity index is 181. The fourth-order valence-corrected chi connectivity index (χ4v) is 1.20. The van der Waals surface area contributed by atoms with E-state index in [4.69, 9.17) is 9.47 Å². The molecule has 4 heteroatoms. The first kappa shape index (κ1) is 14.6. The maximum atomic E-state index is 10.9. The lowest BCUT2D eigenvalue weighted by atomic mass is 10.0. The summed E-state index contributed by atoms with van der Waals surface area (Å²) < 4.78 is 10.2. The molecule has 0 fully saturated rings. The molecule has 0 aliphatic heterocycles. The number of hydrogen-bond donors (Lipinski definition) is 1. The van der Waals surface area contributed by atoms with Crippen molar-refractivity contribution in [2.75, 3.05) is 20.3 Å². The molecule has 0 aromatic carbocycles. The van der Waals surface area contributed by atoms with Crippen LogP contribution in [0.25, 0.3) is 0 Å². The van der Waals surface area contributed by atoms with Crippen molar-refractivity contribution in [2.45, 2.75) is 39.4 Å². The molecule has 90 valence electrons. The zero-order valence-electron chi connectivity index (χ0n) is 10.0. The number of Topliss-reactive ketones (excluding diaryl/α,β-unsaturated/α-hetero) is 1. The standard InChI is InChI=1S/C11H22O4/c1-8(10(3)12)5-11(13)7-15-9(2)6-14-4/h8-9,11,13H,5-7H2,1-4H3. The molecule has 0 aliphatic carbocycles. The normalized spacial score (nSPS) is 17.1. The van der Waals surface area contributed by atoms with Crippen LogP contribution in [0.15, 0.2) is 0 Å². The number of hydrogen-bond acceptors (Lipinski definition) is 4. The molecule has 0 rings (SSSR count). The summed E-state index contributed by atoms with van der Waals surface area (Å²) in [6.07, 6.45) is -0.157. The summed E-state index contributed by atoms with van der Waals surface area (Å²) in [7, 11) is 1.61. The Morgan fingerprint density at radius 3 is 2.40 bits per heavy atom. The summed E-state index contributed by atoms with van der Waals surface area (Å²) in [5.41, 5.74) is 0. The van der Waals surface area contributed by atoms with Crippen molar-refractivity contribution in [1.29, 1.82) is 0 Å². The van der Waals surface area contributed by atoms with Crippen molar-refractivity contribution < 1.29 is 19.4 Å². The highest BCUT2D eigenvalue weighted by Gasteiger charge is 2.15. The van der Waals surface area contributed by atoms with Crippen LogP contribution in [0.3, 0.4) is 0 Å². The number of aliphatic hydroxyl groups is 1. The van der Waals surface area contributed by atoms with Crippen molar-refractivity contribution in [1.82, 2.24) is 0 Å². The second-order valence-corrected chi connectivity index (χ2v) is 4.00. The van der Waals surface area contributed by atoms with Gasteiger partial charge in [-0.05, 0) is 20.3 Å². The van der Waals surface area contributed by atoms with Crippen molar-refractivity contribution in [2.24, 2.45) is 5.92 Å². The Labute approximate surface area is 91.6 Å². The Kier molecular flexibility index (Phi) is 7.56. The van der Waals surface area contributed by atoms with E-state index in [1.165, 1.54) is 6.92 Å². The molecule has 3 unspecified atom stereocenters. The van der Waals surface area contributed by atoms with Gasteiger partial charge in [0.15, 0.2) is 0 Å². The fraction of sp³-hybridized carbons (Fsp3) is 0.909. The summed E-state index contributed by atoms with van der Waals surface area (Å²) in [6, 6.07) is 0. The maximum absolute atomic E-state index is 10.9. The Balaban J connectivity index is 3.65. The third-order valence-electron chi connectivity index (χ3n) is 2.29. The van der Waals surface area contributed by atoms with E-state index in [1.54, 1.807) is 7.11 Å². The predicted molar refractivity (Wildman–Crippen MR) is 57.8 cm³/mol. The largest absolute Gasteiger partial charge is 0.391 e. The lowest BCUT2D eigenvalue weighted by molar-refractivity contribution is -0.121. The SMILES string of the molecule is COCC(C)OCC(O)CC(C)C(C)=O. The third-order valence-corrected chi connectivity index (χ3v) is 2.29. The van der Waals surface area contributed by atoms with Crippen LogP contribution in [0.1, 0.15) is 27.2 Å². The second-order valence-electron chi connectivity index (χ2n) is 4.00. The smallest absolute Gasteiger partial charge is 0.132 e. The van der Waals surface area contributed by atoms with Crippen LogP contribution in [0.2, 0.25) is 0 Å². The molecule has 4 nitrogen and oxygen atoms in total. The van der Waals surface area contributed by atoms with Gasteiger partial charge in [-0.15, -0.1) is 0 Å². The van der Waals surface area contributed by atoms with Gasteiger partial charge in [-0.2, -0.15) is 0 Å². The summed E-state index contributed by atoms with van der Waals surface area (Å²) in [5.74, 6) is -0.0136. The minimum absolute atomic E-state index is 0.0303. The topological polar surface area (TPSA) is 55.8 Å². The molecule has 0 aliphatic rings. The van der Waals surface area contributed by atoms with Gasteiger partial charge in [-0.3, -0.25) is 4.79 Å². The zero-order chi connectivity index (χ0) is 11.8. The van der Waals surface area contributed by atoms with Gasteiger partial charge in [0.1, 0.15) is 5.78 Å². The number of carbonyl (C=O) groups is 1. The van der Waals surface area contributed by atoms with Crippen molar-refractivity contribution >= 4 is 5.78 Å². The first-order chi connectivity index (χ1) is 6.97. The molecule has 0 aromatic rings. The Morgan fingerprint density at radius 2 is 1.93 bits per heavy atom. The van der Waals surface area contributed by atoms with Crippen molar-refractivity contribution in [3.63, 3.8) is 0 Å². The van der Waals surface area contributed by atoms with Crippen LogP contribution < -0.4 is 0 Å². The van der Waals surface area contributed by atoms with E-state index in [2.05, 4.69) is 0 Å². The Hall–Kier alpha value is -0.450. The van der Waals surface area contributed by atoms with Crippen LogP contribution in [0, 0.1) is 5.92 Å². The lowest BCUT2D eigenvalue weighted by Gasteiger charge is -2.17. The molecule has 15 heavy (non-hydrogen) atoms. The number of aliphatic hydroxyl groups excluding tert-OH is 1. The number of ether oxygens (including phenoxy) is 2. The quantitative estimate of drug-likeness (QED) is 0.660. The molecule has 0 amide bonds. The summed E-state index contributed by atoms with van der Waals surface area (Å²) in [4.78, 5) is 10.9. The fourth-order valence-electron chi connectivity index (χ4n) is 1.20. The minimum Gasteiger partial charge on any atom is -0.391 e. The molecule has 0 heterocycles. The van der Waals surface area contributed by atoms with E-state index in [9.17, 15) is 9.90 Å². The molecule has 1 N–H and O–H groups in total. The highest BCUT2D eigenvalue weighted by molar-refractivity contribution is 5.77. The molecule has 0 spiro atoms. The molecule has 0 bridgehead atoms. The van der Waals surface area contributed by atoms with E-state index in [-0.39, 0.29) is 24.4 Å². The summed E-state index contributed by atoms with van der Waals surface area (Å²) >= 11 is 0. The average Bonchev–Trinajstić information content (AvgIpc) is 2.15. The van der Waals surface area contributed by atoms with Crippen LogP contribution in [0.5, 0.6) is 0 Å². The second kappa shape index (κ2) is 7.79. The van der Waals surface area contributed by atoms with E-state index in [0.29, 0.717) is 13.0 Å². The Morgan fingerprint density at radius 1 is 1.33 bits per heavy atom. The molecular weight excluding hydrogens is 196 g/mol. The van der Waals surface area contributed by atoms with Crippen LogP contribution in [-0.4, -0.2) is 43.4 Å². The van der Waals surface area contributed by atoms with Crippen molar-refractivity contribution in [3.05, 3.63) is 0 Å². The van der Waals surface area contributed by atoms with Gasteiger partial charge >= 0.3 is 0 Å². The predicted octanol–water partition coefficient (Wildman–Crippen LogP) is 1.01. The highest BCUT2D eigenvalue weighted by atomic mass is 16.5. The molecule has 0 saturated heterocycles. The minimum atomic E-state index is -0.580. The van der Waals surface area contributed by atoms with E-state index in [1.807, 2.05) is 13.8 Å². The highest BCUT2D eigenvalue weighted by Crippen LogP contribution is 2.08. The molecular formula is C11H22O4. The van der Waals surface area contributed by atoms with Gasteiger partial charge in [-0.1, -0.05) is 6.92 Å². The van der Waals surface area contributed by atoms with Gasteiger partial charge in [0, 0.05) is 13.0 Å². The number of methoxy groups -OCH3 is 1. The van der Waals surface area contributed by atoms with Gasteiger partial charge in [-0.25, -0.2) is 0 Å². The van der Waals surface area contributed by atoms with Gasteiger partial charge < -0.3 is 14.6 Å². The summed E-state index contributed by atoms with van der Waals surface area (Å²) in [5, 5.41) is 9.57. The number of rotatable bonds is 8. The summed E-state index contributed by atoms with van der Waals surface area (Å²) in [6.45, 7) is 5.98. The zero-order valence-corrected chi connectivity index (χ0v) is 10.0. The van der Waals surface area contributed by atoms with Crippen LogP contribution in [0.4, 0.5) is 0 Å². The van der Waals surface area contributed by atoms with E-state index in [0.717, 1.165) is 0 Å². The monoisotopic (exact) mass is 218 g/mol. The first-order valence-electron chi connectivity index (χ1n) is 5.26. The molecule has 3 atom stereocenters. The van der Waals surface area contributed by atoms with Crippen LogP contribution in [-0.2, 0) is 14.3 Å². The first-order valence-corrected chi connectivity index (χ1v) is 5.26. The third kappa shape index (κ3) is 7.48. The van der Waals surface area contributed by atoms with Crippen LogP contribution >= 0.6 is 0 Å². The van der Waals surface area contributed by atoms with E-state index >= 15 is 0 Å². The van der Waals surface area contributed by atoms with E-state index < -0.39 is 6.10 Å². The molecule has 0 saturated carbocycles.